The van der Waals surface area contributed by atoms with Crippen molar-refractivity contribution in [3.63, 3.8) is 0 Å². The third-order valence-corrected chi connectivity index (χ3v) is 3.30. The molecule has 52 valence electrons. The summed E-state index contributed by atoms with van der Waals surface area (Å²) in [4.78, 5) is 1.13. The second-order valence-electron chi connectivity index (χ2n) is 2.00. The summed E-state index contributed by atoms with van der Waals surface area (Å²) in [7, 11) is 0. The van der Waals surface area contributed by atoms with Gasteiger partial charge in [-0.3, -0.25) is 0 Å². The van der Waals surface area contributed by atoms with Crippen molar-refractivity contribution in [3.05, 3.63) is 20.3 Å². The SMILES string of the molecule is Cc1cc(CC#N)sc1Br. The molecule has 0 atom stereocenters. The first kappa shape index (κ1) is 7.77. The van der Waals surface area contributed by atoms with Crippen LogP contribution in [0.4, 0.5) is 0 Å². The molecule has 1 aromatic rings. The van der Waals surface area contributed by atoms with E-state index in [1.54, 1.807) is 11.3 Å². The Kier molecular flexibility index (Phi) is 2.47. The smallest absolute Gasteiger partial charge is 0.0730 e. The standard InChI is InChI=1S/C7H6BrNS/c1-5-4-6(2-3-9)10-7(5)8/h4H,2H2,1H3. The fraction of sp³-hybridized carbons (Fsp3) is 0.286. The van der Waals surface area contributed by atoms with Crippen molar-refractivity contribution in [2.24, 2.45) is 0 Å². The van der Waals surface area contributed by atoms with Gasteiger partial charge in [0.1, 0.15) is 0 Å². The summed E-state index contributed by atoms with van der Waals surface area (Å²) < 4.78 is 1.14. The molecule has 0 aliphatic carbocycles. The van der Waals surface area contributed by atoms with Gasteiger partial charge in [-0.2, -0.15) is 5.26 Å². The van der Waals surface area contributed by atoms with E-state index in [0.29, 0.717) is 6.42 Å². The highest BCUT2D eigenvalue weighted by atomic mass is 79.9. The van der Waals surface area contributed by atoms with Gasteiger partial charge in [0.15, 0.2) is 0 Å². The molecule has 1 heterocycles. The molecule has 0 aliphatic heterocycles. The Labute approximate surface area is 72.4 Å². The lowest BCUT2D eigenvalue weighted by molar-refractivity contribution is 1.31. The minimum Gasteiger partial charge on any atom is -0.198 e. The number of nitrogens with zero attached hydrogens (tertiary/aromatic N) is 1. The summed E-state index contributed by atoms with van der Waals surface area (Å²) in [6, 6.07) is 4.15. The third-order valence-electron chi connectivity index (χ3n) is 1.16. The molecule has 0 radical (unpaired) electrons. The number of rotatable bonds is 1. The van der Waals surface area contributed by atoms with E-state index in [0.717, 1.165) is 8.66 Å². The normalized spacial score (nSPS) is 9.30. The number of aryl methyl sites for hydroxylation is 1. The van der Waals surface area contributed by atoms with Crippen LogP contribution in [-0.4, -0.2) is 0 Å². The summed E-state index contributed by atoms with van der Waals surface area (Å²) in [5.74, 6) is 0. The molecule has 10 heavy (non-hydrogen) atoms. The summed E-state index contributed by atoms with van der Waals surface area (Å²) in [5.41, 5.74) is 1.22. The molecular formula is C7H6BrNS. The minimum atomic E-state index is 0.525. The van der Waals surface area contributed by atoms with Gasteiger partial charge in [-0.1, -0.05) is 0 Å². The molecule has 0 aromatic carbocycles. The van der Waals surface area contributed by atoms with E-state index in [9.17, 15) is 0 Å². The predicted molar refractivity (Wildman–Crippen MR) is 46.1 cm³/mol. The Morgan fingerprint density at radius 2 is 2.50 bits per heavy atom. The van der Waals surface area contributed by atoms with Gasteiger partial charge >= 0.3 is 0 Å². The second kappa shape index (κ2) is 3.18. The fourth-order valence-corrected chi connectivity index (χ4v) is 2.25. The van der Waals surface area contributed by atoms with E-state index >= 15 is 0 Å². The molecule has 0 aliphatic rings. The third kappa shape index (κ3) is 1.59. The highest BCUT2D eigenvalue weighted by Crippen LogP contribution is 2.27. The number of nitriles is 1. The van der Waals surface area contributed by atoms with Gasteiger partial charge in [0, 0.05) is 4.88 Å². The van der Waals surface area contributed by atoms with Gasteiger partial charge < -0.3 is 0 Å². The van der Waals surface area contributed by atoms with Crippen molar-refractivity contribution in [1.29, 1.82) is 5.26 Å². The largest absolute Gasteiger partial charge is 0.198 e. The maximum atomic E-state index is 8.36. The van der Waals surface area contributed by atoms with Crippen LogP contribution >= 0.6 is 27.3 Å². The first-order valence-electron chi connectivity index (χ1n) is 2.86. The van der Waals surface area contributed by atoms with Gasteiger partial charge in [0.05, 0.1) is 16.3 Å². The van der Waals surface area contributed by atoms with E-state index < -0.39 is 0 Å². The zero-order chi connectivity index (χ0) is 7.56. The lowest BCUT2D eigenvalue weighted by Crippen LogP contribution is -1.69. The fourth-order valence-electron chi connectivity index (χ4n) is 0.688. The van der Waals surface area contributed by atoms with E-state index in [4.69, 9.17) is 5.26 Å². The van der Waals surface area contributed by atoms with Crippen LogP contribution in [0, 0.1) is 18.3 Å². The summed E-state index contributed by atoms with van der Waals surface area (Å²) in [6.07, 6.45) is 0.525. The molecule has 0 N–H and O–H groups in total. The molecular weight excluding hydrogens is 210 g/mol. The van der Waals surface area contributed by atoms with Gasteiger partial charge in [-0.05, 0) is 34.5 Å². The monoisotopic (exact) mass is 215 g/mol. The van der Waals surface area contributed by atoms with Crippen molar-refractivity contribution in [3.8, 4) is 6.07 Å². The summed E-state index contributed by atoms with van der Waals surface area (Å²) in [5, 5.41) is 8.36. The van der Waals surface area contributed by atoms with Crippen LogP contribution < -0.4 is 0 Å². The quantitative estimate of drug-likeness (QED) is 0.708. The molecule has 0 spiro atoms. The van der Waals surface area contributed by atoms with E-state index in [1.807, 2.05) is 13.0 Å². The molecule has 0 bridgehead atoms. The first-order chi connectivity index (χ1) is 4.74. The lowest BCUT2D eigenvalue weighted by atomic mass is 10.3. The van der Waals surface area contributed by atoms with Gasteiger partial charge in [-0.25, -0.2) is 0 Å². The Hall–Kier alpha value is -0.330. The second-order valence-corrected chi connectivity index (χ2v) is 4.46. The molecule has 0 fully saturated rings. The van der Waals surface area contributed by atoms with E-state index in [2.05, 4.69) is 22.0 Å². The van der Waals surface area contributed by atoms with Crippen LogP contribution in [0.5, 0.6) is 0 Å². The average Bonchev–Trinajstić information content (AvgIpc) is 2.14. The van der Waals surface area contributed by atoms with Gasteiger partial charge in [-0.15, -0.1) is 11.3 Å². The van der Waals surface area contributed by atoms with Crippen LogP contribution in [-0.2, 0) is 6.42 Å². The Morgan fingerprint density at radius 1 is 1.80 bits per heavy atom. The van der Waals surface area contributed by atoms with Crippen LogP contribution in [0.2, 0.25) is 0 Å². The Bertz CT molecular complexity index is 252. The van der Waals surface area contributed by atoms with Crippen LogP contribution in [0.25, 0.3) is 0 Å². The van der Waals surface area contributed by atoms with E-state index in [1.165, 1.54) is 5.56 Å². The highest BCUT2D eigenvalue weighted by molar-refractivity contribution is 9.11. The minimum absolute atomic E-state index is 0.525. The van der Waals surface area contributed by atoms with Crippen molar-refractivity contribution in [2.75, 3.05) is 0 Å². The Morgan fingerprint density at radius 3 is 2.90 bits per heavy atom. The van der Waals surface area contributed by atoms with Crippen LogP contribution in [0.3, 0.4) is 0 Å². The predicted octanol–water partition coefficient (Wildman–Crippen LogP) is 2.89. The molecule has 3 heteroatoms. The molecule has 1 nitrogen and oxygen atoms in total. The van der Waals surface area contributed by atoms with Crippen molar-refractivity contribution >= 4 is 27.3 Å². The first-order valence-corrected chi connectivity index (χ1v) is 4.46. The highest BCUT2D eigenvalue weighted by Gasteiger charge is 2.00. The molecule has 0 saturated carbocycles. The number of hydrogen-bond acceptors (Lipinski definition) is 2. The Balaban J connectivity index is 2.90. The lowest BCUT2D eigenvalue weighted by Gasteiger charge is -1.77. The topological polar surface area (TPSA) is 23.8 Å². The molecule has 1 aromatic heterocycles. The number of halogens is 1. The van der Waals surface area contributed by atoms with Crippen molar-refractivity contribution in [1.82, 2.24) is 0 Å². The zero-order valence-electron chi connectivity index (χ0n) is 5.52. The number of hydrogen-bond donors (Lipinski definition) is 0. The maximum absolute atomic E-state index is 8.36. The maximum Gasteiger partial charge on any atom is 0.0730 e. The zero-order valence-corrected chi connectivity index (χ0v) is 7.92. The van der Waals surface area contributed by atoms with Crippen LogP contribution in [0.1, 0.15) is 10.4 Å². The summed E-state index contributed by atoms with van der Waals surface area (Å²) in [6.45, 7) is 2.03. The molecule has 0 unspecified atom stereocenters. The average molecular weight is 216 g/mol. The molecule has 0 amide bonds. The van der Waals surface area contributed by atoms with Crippen molar-refractivity contribution < 1.29 is 0 Å². The molecule has 0 saturated heterocycles. The number of thiophene rings is 1. The van der Waals surface area contributed by atoms with Gasteiger partial charge in [0.2, 0.25) is 0 Å². The van der Waals surface area contributed by atoms with Crippen molar-refractivity contribution in [2.45, 2.75) is 13.3 Å². The van der Waals surface area contributed by atoms with E-state index in [-0.39, 0.29) is 0 Å². The van der Waals surface area contributed by atoms with Crippen LogP contribution in [0.15, 0.2) is 9.85 Å². The van der Waals surface area contributed by atoms with Gasteiger partial charge in [0.25, 0.3) is 0 Å². The summed E-state index contributed by atoms with van der Waals surface area (Å²) >= 11 is 5.03. The molecule has 1 rings (SSSR count).